The van der Waals surface area contributed by atoms with Crippen molar-refractivity contribution >= 4 is 23.6 Å². The summed E-state index contributed by atoms with van der Waals surface area (Å²) in [5, 5.41) is 7.05. The van der Waals surface area contributed by atoms with E-state index in [1.165, 1.54) is 0 Å². The quantitative estimate of drug-likeness (QED) is 0.356. The molecule has 1 saturated carbocycles. The Morgan fingerprint density at radius 3 is 2.28 bits per heavy atom. The van der Waals surface area contributed by atoms with Crippen LogP contribution in [0.3, 0.4) is 0 Å². The minimum atomic E-state index is 0.226. The Labute approximate surface area is 182 Å². The Morgan fingerprint density at radius 2 is 1.72 bits per heavy atom. The van der Waals surface area contributed by atoms with Gasteiger partial charge in [0.05, 0.1) is 0 Å². The van der Waals surface area contributed by atoms with Crippen LogP contribution >= 0.6 is 11.8 Å². The van der Waals surface area contributed by atoms with Gasteiger partial charge in [0, 0.05) is 68.8 Å². The van der Waals surface area contributed by atoms with E-state index in [0.717, 1.165) is 75.7 Å². The van der Waals surface area contributed by atoms with Gasteiger partial charge in [-0.25, -0.2) is 0 Å². The summed E-state index contributed by atoms with van der Waals surface area (Å²) in [4.78, 5) is 21.7. The maximum Gasteiger partial charge on any atom is 0.225 e. The number of nitrogens with zero attached hydrogens (tertiary/aromatic N) is 3. The highest BCUT2D eigenvalue weighted by Gasteiger charge is 2.30. The molecule has 7 heteroatoms. The van der Waals surface area contributed by atoms with Gasteiger partial charge in [-0.15, -0.1) is 0 Å². The fourth-order valence-corrected chi connectivity index (χ4v) is 5.40. The van der Waals surface area contributed by atoms with Gasteiger partial charge >= 0.3 is 0 Å². The molecular weight excluding hydrogens is 382 g/mol. The number of thioether (sulfide) groups is 1. The average molecular weight is 426 g/mol. The maximum atomic E-state index is 12.7. The summed E-state index contributed by atoms with van der Waals surface area (Å²) in [6, 6.07) is 1.58. The number of rotatable bonds is 8. The molecule has 1 aliphatic heterocycles. The molecule has 0 atom stereocenters. The lowest BCUT2D eigenvalue weighted by Crippen LogP contribution is -2.47. The van der Waals surface area contributed by atoms with Crippen LogP contribution in [0.2, 0.25) is 0 Å². The van der Waals surface area contributed by atoms with E-state index in [2.05, 4.69) is 53.1 Å². The minimum absolute atomic E-state index is 0.226. The van der Waals surface area contributed by atoms with Crippen molar-refractivity contribution in [3.63, 3.8) is 0 Å². The van der Waals surface area contributed by atoms with E-state index in [1.807, 2.05) is 18.8 Å². The molecule has 1 saturated heterocycles. The topological polar surface area (TPSA) is 60.0 Å². The predicted molar refractivity (Wildman–Crippen MR) is 126 cm³/mol. The van der Waals surface area contributed by atoms with Crippen molar-refractivity contribution in [2.75, 3.05) is 44.7 Å². The average Bonchev–Trinajstić information content (AvgIpc) is 2.72. The fourth-order valence-electron chi connectivity index (χ4n) is 4.50. The van der Waals surface area contributed by atoms with Crippen molar-refractivity contribution < 1.29 is 4.79 Å². The third-order valence-electron chi connectivity index (χ3n) is 6.18. The van der Waals surface area contributed by atoms with Gasteiger partial charge < -0.3 is 15.5 Å². The summed E-state index contributed by atoms with van der Waals surface area (Å²) in [6.07, 6.45) is 5.19. The molecule has 1 amide bonds. The molecule has 0 aromatic heterocycles. The largest absolute Gasteiger partial charge is 0.356 e. The number of guanidine groups is 1. The van der Waals surface area contributed by atoms with Gasteiger partial charge in [0.1, 0.15) is 0 Å². The first-order valence-corrected chi connectivity index (χ1v) is 12.7. The predicted octanol–water partition coefficient (Wildman–Crippen LogP) is 2.79. The summed E-state index contributed by atoms with van der Waals surface area (Å²) in [5.41, 5.74) is 0. The molecule has 2 fully saturated rings. The molecule has 2 aliphatic rings. The second kappa shape index (κ2) is 12.7. The first kappa shape index (κ1) is 24.3. The third kappa shape index (κ3) is 8.00. The Morgan fingerprint density at radius 1 is 1.10 bits per heavy atom. The molecule has 0 bridgehead atoms. The molecule has 2 N–H and O–H groups in total. The normalized spacial score (nSPS) is 23.7. The Balaban J connectivity index is 1.66. The highest BCUT2D eigenvalue weighted by molar-refractivity contribution is 7.99. The molecule has 168 valence electrons. The van der Waals surface area contributed by atoms with Crippen LogP contribution < -0.4 is 10.6 Å². The molecule has 6 nitrogen and oxygen atoms in total. The van der Waals surface area contributed by atoms with E-state index in [1.54, 1.807) is 0 Å². The zero-order valence-corrected chi connectivity index (χ0v) is 20.1. The molecule has 29 heavy (non-hydrogen) atoms. The number of amides is 1. The second-order valence-electron chi connectivity index (χ2n) is 8.91. The Bertz CT molecular complexity index is 503. The van der Waals surface area contributed by atoms with Crippen molar-refractivity contribution in [2.45, 2.75) is 77.9 Å². The summed E-state index contributed by atoms with van der Waals surface area (Å²) < 4.78 is 0. The number of hydrogen-bond donors (Lipinski definition) is 2. The van der Waals surface area contributed by atoms with Gasteiger partial charge in [0.2, 0.25) is 5.91 Å². The van der Waals surface area contributed by atoms with E-state index >= 15 is 0 Å². The van der Waals surface area contributed by atoms with Crippen LogP contribution in [-0.4, -0.2) is 84.5 Å². The summed E-state index contributed by atoms with van der Waals surface area (Å²) in [5.74, 6) is 3.71. The lowest BCUT2D eigenvalue weighted by Gasteiger charge is -2.34. The molecule has 0 spiro atoms. The minimum Gasteiger partial charge on any atom is -0.356 e. The standard InChI is InChI=1S/C22H43N5OS/c1-17(2)27(18(3)4)12-6-11-24-22(23-5)25-20-9-7-19(8-10-20)21(28)26-13-15-29-16-14-26/h17-20H,6-16H2,1-5H3,(H2,23,24,25). The highest BCUT2D eigenvalue weighted by Crippen LogP contribution is 2.27. The molecule has 0 aromatic rings. The number of aliphatic imine (C=N–C) groups is 1. The molecule has 1 aliphatic carbocycles. The molecular formula is C22H43N5OS. The molecule has 0 unspecified atom stereocenters. The summed E-state index contributed by atoms with van der Waals surface area (Å²) in [6.45, 7) is 12.9. The fraction of sp³-hybridized carbons (Fsp3) is 0.909. The van der Waals surface area contributed by atoms with E-state index < -0.39 is 0 Å². The van der Waals surface area contributed by atoms with Crippen LogP contribution in [0.5, 0.6) is 0 Å². The molecule has 2 rings (SSSR count). The first-order valence-electron chi connectivity index (χ1n) is 11.5. The van der Waals surface area contributed by atoms with Gasteiger partial charge in [-0.3, -0.25) is 14.7 Å². The van der Waals surface area contributed by atoms with Gasteiger partial charge in [-0.2, -0.15) is 11.8 Å². The Hall–Kier alpha value is -0.950. The SMILES string of the molecule is CN=C(NCCCN(C(C)C)C(C)C)NC1CCC(C(=O)N2CCSCC2)CC1. The highest BCUT2D eigenvalue weighted by atomic mass is 32.2. The lowest BCUT2D eigenvalue weighted by atomic mass is 9.85. The number of carbonyl (C=O) groups is 1. The van der Waals surface area contributed by atoms with Crippen LogP contribution in [0.25, 0.3) is 0 Å². The van der Waals surface area contributed by atoms with Crippen LogP contribution in [0, 0.1) is 5.92 Å². The zero-order valence-electron chi connectivity index (χ0n) is 19.2. The molecule has 1 heterocycles. The van der Waals surface area contributed by atoms with Crippen LogP contribution in [0.1, 0.15) is 59.8 Å². The van der Waals surface area contributed by atoms with E-state index in [-0.39, 0.29) is 5.92 Å². The van der Waals surface area contributed by atoms with Crippen molar-refractivity contribution in [1.29, 1.82) is 0 Å². The van der Waals surface area contributed by atoms with Crippen LogP contribution in [-0.2, 0) is 4.79 Å². The summed E-state index contributed by atoms with van der Waals surface area (Å²) >= 11 is 1.96. The van der Waals surface area contributed by atoms with Gasteiger partial charge in [0.25, 0.3) is 0 Å². The van der Waals surface area contributed by atoms with Crippen molar-refractivity contribution in [2.24, 2.45) is 10.9 Å². The number of nitrogens with one attached hydrogen (secondary N) is 2. The van der Waals surface area contributed by atoms with Crippen LogP contribution in [0.15, 0.2) is 4.99 Å². The number of hydrogen-bond acceptors (Lipinski definition) is 4. The zero-order chi connectivity index (χ0) is 21.2. The smallest absolute Gasteiger partial charge is 0.225 e. The van der Waals surface area contributed by atoms with Gasteiger partial charge in [-0.05, 0) is 59.8 Å². The van der Waals surface area contributed by atoms with E-state index in [0.29, 0.717) is 24.0 Å². The summed E-state index contributed by atoms with van der Waals surface area (Å²) in [7, 11) is 1.84. The lowest BCUT2D eigenvalue weighted by molar-refractivity contribution is -0.136. The monoisotopic (exact) mass is 425 g/mol. The van der Waals surface area contributed by atoms with Crippen molar-refractivity contribution in [1.82, 2.24) is 20.4 Å². The van der Waals surface area contributed by atoms with Gasteiger partial charge in [-0.1, -0.05) is 0 Å². The van der Waals surface area contributed by atoms with E-state index in [4.69, 9.17) is 0 Å². The number of carbonyl (C=O) groups excluding carboxylic acids is 1. The second-order valence-corrected chi connectivity index (χ2v) is 10.1. The van der Waals surface area contributed by atoms with Crippen LogP contribution in [0.4, 0.5) is 0 Å². The first-order chi connectivity index (χ1) is 13.9. The van der Waals surface area contributed by atoms with Crippen molar-refractivity contribution in [3.8, 4) is 0 Å². The van der Waals surface area contributed by atoms with Gasteiger partial charge in [0.15, 0.2) is 5.96 Å². The third-order valence-corrected chi connectivity index (χ3v) is 7.12. The maximum absolute atomic E-state index is 12.7. The van der Waals surface area contributed by atoms with Crippen molar-refractivity contribution in [3.05, 3.63) is 0 Å². The Kier molecular flexibility index (Phi) is 10.6. The molecule has 0 radical (unpaired) electrons. The molecule has 0 aromatic carbocycles. The van der Waals surface area contributed by atoms with E-state index in [9.17, 15) is 4.79 Å².